The molecule has 1 N–H and O–H groups in total. The average Bonchev–Trinajstić information content (AvgIpc) is 2.70. The first-order chi connectivity index (χ1) is 7.65. The van der Waals surface area contributed by atoms with Gasteiger partial charge in [0.15, 0.2) is 0 Å². The molecule has 0 bridgehead atoms. The summed E-state index contributed by atoms with van der Waals surface area (Å²) in [6.45, 7) is 16.5. The second kappa shape index (κ2) is 5.90. The number of rotatable bonds is 6. The highest BCUT2D eigenvalue weighted by Crippen LogP contribution is 2.27. The van der Waals surface area contributed by atoms with Crippen LogP contribution in [-0.2, 0) is 0 Å². The van der Waals surface area contributed by atoms with Gasteiger partial charge in [-0.3, -0.25) is 0 Å². The summed E-state index contributed by atoms with van der Waals surface area (Å²) in [5.41, 5.74) is 1.56. The van der Waals surface area contributed by atoms with Crippen LogP contribution in [0.15, 0.2) is 37.1 Å². The van der Waals surface area contributed by atoms with Gasteiger partial charge < -0.3 is 10.2 Å². The lowest BCUT2D eigenvalue weighted by molar-refractivity contribution is 0.228. The Morgan fingerprint density at radius 1 is 1.50 bits per heavy atom. The van der Waals surface area contributed by atoms with Crippen LogP contribution in [0.5, 0.6) is 0 Å². The van der Waals surface area contributed by atoms with Crippen LogP contribution < -0.4 is 5.32 Å². The van der Waals surface area contributed by atoms with Gasteiger partial charge in [0, 0.05) is 25.3 Å². The van der Waals surface area contributed by atoms with Crippen molar-refractivity contribution in [3.8, 4) is 0 Å². The van der Waals surface area contributed by atoms with E-state index in [1.165, 1.54) is 12.1 Å². The molecule has 0 aromatic carbocycles. The van der Waals surface area contributed by atoms with Crippen LogP contribution in [0.3, 0.4) is 0 Å². The van der Waals surface area contributed by atoms with Crippen LogP contribution in [-0.4, -0.2) is 31.1 Å². The Morgan fingerprint density at radius 2 is 2.25 bits per heavy atom. The van der Waals surface area contributed by atoms with Gasteiger partial charge in [0.25, 0.3) is 0 Å². The molecule has 1 rings (SSSR count). The summed E-state index contributed by atoms with van der Waals surface area (Å²) in [5.74, 6) is 0. The molecule has 0 radical (unpaired) electrons. The third kappa shape index (κ3) is 3.24. The molecule has 1 heterocycles. The lowest BCUT2D eigenvalue weighted by atomic mass is 9.89. The highest BCUT2D eigenvalue weighted by Gasteiger charge is 2.30. The zero-order chi connectivity index (χ0) is 12.0. The highest BCUT2D eigenvalue weighted by atomic mass is 15.1. The van der Waals surface area contributed by atoms with Crippen LogP contribution in [0.4, 0.5) is 0 Å². The standard InChI is InChI=1S/C14H24N2/c1-5-8-13(6-2)16(7-3)12-14(4)9-10-15-11-14/h5-6,8,15H,1-2,7,9-12H2,3-4H3/b13-8+. The molecule has 1 atom stereocenters. The largest absolute Gasteiger partial charge is 0.371 e. The quantitative estimate of drug-likeness (QED) is 0.692. The molecule has 1 unspecified atom stereocenters. The van der Waals surface area contributed by atoms with Crippen LogP contribution in [0.25, 0.3) is 0 Å². The van der Waals surface area contributed by atoms with Gasteiger partial charge in [-0.2, -0.15) is 0 Å². The Hall–Kier alpha value is -1.02. The number of likely N-dealkylation sites (N-methyl/N-ethyl adjacent to an activating group) is 1. The molecule has 90 valence electrons. The molecule has 2 heteroatoms. The fraction of sp³-hybridized carbons (Fsp3) is 0.571. The fourth-order valence-corrected chi connectivity index (χ4v) is 2.27. The fourth-order valence-electron chi connectivity index (χ4n) is 2.27. The average molecular weight is 220 g/mol. The van der Waals surface area contributed by atoms with Crippen LogP contribution in [0.2, 0.25) is 0 Å². The number of hydrogen-bond donors (Lipinski definition) is 1. The maximum absolute atomic E-state index is 3.87. The van der Waals surface area contributed by atoms with E-state index in [1.54, 1.807) is 0 Å². The zero-order valence-corrected chi connectivity index (χ0v) is 10.6. The van der Waals surface area contributed by atoms with E-state index in [4.69, 9.17) is 0 Å². The van der Waals surface area contributed by atoms with Gasteiger partial charge in [-0.05, 0) is 37.5 Å². The third-order valence-electron chi connectivity index (χ3n) is 3.27. The van der Waals surface area contributed by atoms with Gasteiger partial charge >= 0.3 is 0 Å². The highest BCUT2D eigenvalue weighted by molar-refractivity contribution is 5.20. The van der Waals surface area contributed by atoms with Gasteiger partial charge in [0.05, 0.1) is 0 Å². The van der Waals surface area contributed by atoms with E-state index in [1.807, 2.05) is 18.2 Å². The van der Waals surface area contributed by atoms with Crippen molar-refractivity contribution in [2.75, 3.05) is 26.2 Å². The molecule has 1 fully saturated rings. The Balaban J connectivity index is 2.70. The SMILES string of the molecule is C=C/C=C(\C=C)N(CC)CC1(C)CCNC1. The number of nitrogens with zero attached hydrogens (tertiary/aromatic N) is 1. The van der Waals surface area contributed by atoms with Crippen molar-refractivity contribution >= 4 is 0 Å². The smallest absolute Gasteiger partial charge is 0.0360 e. The van der Waals surface area contributed by atoms with E-state index >= 15 is 0 Å². The Bertz CT molecular complexity index is 272. The Kier molecular flexibility index (Phi) is 4.81. The first kappa shape index (κ1) is 13.0. The summed E-state index contributed by atoms with van der Waals surface area (Å²) in [7, 11) is 0. The van der Waals surface area contributed by atoms with Crippen molar-refractivity contribution in [2.24, 2.45) is 5.41 Å². The molecule has 1 aliphatic heterocycles. The summed E-state index contributed by atoms with van der Waals surface area (Å²) < 4.78 is 0. The summed E-state index contributed by atoms with van der Waals surface area (Å²) in [6.07, 6.45) is 7.02. The summed E-state index contributed by atoms with van der Waals surface area (Å²) >= 11 is 0. The second-order valence-electron chi connectivity index (χ2n) is 4.78. The van der Waals surface area contributed by atoms with Crippen LogP contribution >= 0.6 is 0 Å². The monoisotopic (exact) mass is 220 g/mol. The number of hydrogen-bond acceptors (Lipinski definition) is 2. The number of nitrogens with one attached hydrogen (secondary N) is 1. The first-order valence-corrected chi connectivity index (χ1v) is 6.06. The van der Waals surface area contributed by atoms with Crippen LogP contribution in [0.1, 0.15) is 20.3 Å². The van der Waals surface area contributed by atoms with Crippen molar-refractivity contribution in [3.63, 3.8) is 0 Å². The lowest BCUT2D eigenvalue weighted by Gasteiger charge is -2.33. The van der Waals surface area contributed by atoms with E-state index in [2.05, 4.69) is 37.2 Å². The van der Waals surface area contributed by atoms with Crippen LogP contribution in [0, 0.1) is 5.41 Å². The second-order valence-corrected chi connectivity index (χ2v) is 4.78. The van der Waals surface area contributed by atoms with Gasteiger partial charge in [0.2, 0.25) is 0 Å². The summed E-state index contributed by atoms with van der Waals surface area (Å²) in [6, 6.07) is 0. The van der Waals surface area contributed by atoms with Crippen molar-refractivity contribution in [3.05, 3.63) is 37.1 Å². The maximum Gasteiger partial charge on any atom is 0.0360 e. The van der Waals surface area contributed by atoms with Crippen molar-refractivity contribution in [2.45, 2.75) is 20.3 Å². The van der Waals surface area contributed by atoms with Crippen molar-refractivity contribution in [1.82, 2.24) is 10.2 Å². The predicted molar refractivity (Wildman–Crippen MR) is 71.3 cm³/mol. The summed E-state index contributed by atoms with van der Waals surface area (Å²) in [5, 5.41) is 3.44. The van der Waals surface area contributed by atoms with Gasteiger partial charge in [-0.15, -0.1) is 0 Å². The number of allylic oxidation sites excluding steroid dienone is 3. The van der Waals surface area contributed by atoms with E-state index in [0.717, 1.165) is 26.2 Å². The molecule has 2 nitrogen and oxygen atoms in total. The van der Waals surface area contributed by atoms with E-state index < -0.39 is 0 Å². The van der Waals surface area contributed by atoms with Crippen molar-refractivity contribution < 1.29 is 0 Å². The maximum atomic E-state index is 3.87. The normalized spacial score (nSPS) is 25.5. The van der Waals surface area contributed by atoms with Gasteiger partial charge in [-0.1, -0.05) is 26.2 Å². The zero-order valence-electron chi connectivity index (χ0n) is 10.6. The van der Waals surface area contributed by atoms with Gasteiger partial charge in [0.1, 0.15) is 0 Å². The Labute approximate surface area is 99.7 Å². The lowest BCUT2D eigenvalue weighted by Crippen LogP contribution is -2.36. The molecule has 16 heavy (non-hydrogen) atoms. The summed E-state index contributed by atoms with van der Waals surface area (Å²) in [4.78, 5) is 2.38. The first-order valence-electron chi connectivity index (χ1n) is 6.06. The van der Waals surface area contributed by atoms with E-state index in [0.29, 0.717) is 5.41 Å². The molecule has 1 saturated heterocycles. The molecular formula is C14H24N2. The molecule has 0 aliphatic carbocycles. The predicted octanol–water partition coefficient (Wildman–Crippen LogP) is 2.56. The van der Waals surface area contributed by atoms with Crippen molar-refractivity contribution in [1.29, 1.82) is 0 Å². The minimum Gasteiger partial charge on any atom is -0.371 e. The third-order valence-corrected chi connectivity index (χ3v) is 3.27. The van der Waals surface area contributed by atoms with Gasteiger partial charge in [-0.25, -0.2) is 0 Å². The molecule has 0 aromatic rings. The minimum absolute atomic E-state index is 0.388. The molecule has 0 amide bonds. The molecule has 0 aromatic heterocycles. The Morgan fingerprint density at radius 3 is 2.69 bits per heavy atom. The minimum atomic E-state index is 0.388. The molecule has 1 aliphatic rings. The molecule has 0 saturated carbocycles. The van der Waals surface area contributed by atoms with E-state index in [9.17, 15) is 0 Å². The molecular weight excluding hydrogens is 196 g/mol. The molecule has 0 spiro atoms. The van der Waals surface area contributed by atoms with E-state index in [-0.39, 0.29) is 0 Å². The topological polar surface area (TPSA) is 15.3 Å².